The zero-order valence-electron chi connectivity index (χ0n) is 8.90. The van der Waals surface area contributed by atoms with E-state index in [1.54, 1.807) is 6.20 Å². The van der Waals surface area contributed by atoms with Crippen LogP contribution in [0.4, 0.5) is 0 Å². The highest BCUT2D eigenvalue weighted by Gasteiger charge is 2.23. The van der Waals surface area contributed by atoms with Crippen LogP contribution in [0.25, 0.3) is 0 Å². The van der Waals surface area contributed by atoms with Crippen LogP contribution in [-0.4, -0.2) is 16.3 Å². The van der Waals surface area contributed by atoms with Crippen LogP contribution < -0.4 is 5.73 Å². The van der Waals surface area contributed by atoms with Gasteiger partial charge in [0.25, 0.3) is 0 Å². The van der Waals surface area contributed by atoms with Crippen LogP contribution in [0.3, 0.4) is 0 Å². The monoisotopic (exact) mass is 227 g/mol. The topological polar surface area (TPSA) is 43.8 Å². The maximum absolute atomic E-state index is 5.87. The standard InChI is InChI=1S/C11H18ClN3/c12-10-7-14-15(8-10)11-3-1-2-9(6-11)4-5-13/h7-9,11H,1-6,13H2. The van der Waals surface area contributed by atoms with Crippen molar-refractivity contribution in [2.24, 2.45) is 11.7 Å². The molecule has 1 aliphatic carbocycles. The molecule has 0 radical (unpaired) electrons. The molecule has 0 aromatic carbocycles. The third-order valence-corrected chi connectivity index (χ3v) is 3.47. The summed E-state index contributed by atoms with van der Waals surface area (Å²) in [6.07, 6.45) is 9.82. The molecule has 0 aliphatic heterocycles. The molecule has 1 aromatic rings. The molecule has 15 heavy (non-hydrogen) atoms. The lowest BCUT2D eigenvalue weighted by atomic mass is 9.84. The van der Waals surface area contributed by atoms with Crippen molar-refractivity contribution in [3.63, 3.8) is 0 Å². The number of rotatable bonds is 3. The second kappa shape index (κ2) is 4.99. The minimum Gasteiger partial charge on any atom is -0.330 e. The second-order valence-electron chi connectivity index (χ2n) is 4.40. The first-order valence-corrected chi connectivity index (χ1v) is 6.07. The van der Waals surface area contributed by atoms with E-state index >= 15 is 0 Å². The Bertz CT molecular complexity index is 309. The van der Waals surface area contributed by atoms with Crippen LogP contribution in [0.5, 0.6) is 0 Å². The smallest absolute Gasteiger partial charge is 0.0785 e. The zero-order valence-corrected chi connectivity index (χ0v) is 9.66. The van der Waals surface area contributed by atoms with Gasteiger partial charge < -0.3 is 5.73 Å². The van der Waals surface area contributed by atoms with Gasteiger partial charge in [0.2, 0.25) is 0 Å². The van der Waals surface area contributed by atoms with Gasteiger partial charge in [0.1, 0.15) is 0 Å². The number of halogens is 1. The van der Waals surface area contributed by atoms with E-state index in [0.717, 1.165) is 23.9 Å². The lowest BCUT2D eigenvalue weighted by Gasteiger charge is -2.29. The normalized spacial score (nSPS) is 26.8. The molecule has 0 bridgehead atoms. The highest BCUT2D eigenvalue weighted by molar-refractivity contribution is 6.30. The van der Waals surface area contributed by atoms with E-state index in [9.17, 15) is 0 Å². The Labute approximate surface area is 95.6 Å². The van der Waals surface area contributed by atoms with E-state index in [2.05, 4.69) is 5.10 Å². The van der Waals surface area contributed by atoms with Crippen molar-refractivity contribution < 1.29 is 0 Å². The average molecular weight is 228 g/mol. The predicted molar refractivity (Wildman–Crippen MR) is 61.9 cm³/mol. The third kappa shape index (κ3) is 2.73. The Morgan fingerprint density at radius 1 is 1.53 bits per heavy atom. The summed E-state index contributed by atoms with van der Waals surface area (Å²) in [5.74, 6) is 0.775. The van der Waals surface area contributed by atoms with Crippen molar-refractivity contribution in [2.75, 3.05) is 6.54 Å². The van der Waals surface area contributed by atoms with Crippen molar-refractivity contribution in [2.45, 2.75) is 38.1 Å². The van der Waals surface area contributed by atoms with Gasteiger partial charge >= 0.3 is 0 Å². The van der Waals surface area contributed by atoms with E-state index in [1.165, 1.54) is 25.7 Å². The summed E-state index contributed by atoms with van der Waals surface area (Å²) in [6.45, 7) is 0.803. The van der Waals surface area contributed by atoms with Crippen LogP contribution in [0.15, 0.2) is 12.4 Å². The van der Waals surface area contributed by atoms with Crippen LogP contribution in [0, 0.1) is 5.92 Å². The lowest BCUT2D eigenvalue weighted by Crippen LogP contribution is -2.21. The third-order valence-electron chi connectivity index (χ3n) is 3.27. The fourth-order valence-corrected chi connectivity index (χ4v) is 2.66. The molecule has 2 rings (SSSR count). The van der Waals surface area contributed by atoms with Crippen LogP contribution >= 0.6 is 11.6 Å². The number of nitrogens with zero attached hydrogens (tertiary/aromatic N) is 2. The molecule has 2 unspecified atom stereocenters. The molecule has 3 nitrogen and oxygen atoms in total. The summed E-state index contributed by atoms with van der Waals surface area (Å²) >= 11 is 5.87. The number of nitrogens with two attached hydrogens (primary N) is 1. The minimum atomic E-state index is 0.530. The molecule has 0 spiro atoms. The highest BCUT2D eigenvalue weighted by Crippen LogP contribution is 2.33. The molecular weight excluding hydrogens is 210 g/mol. The molecular formula is C11H18ClN3. The van der Waals surface area contributed by atoms with Crippen LogP contribution in [-0.2, 0) is 0 Å². The second-order valence-corrected chi connectivity index (χ2v) is 4.84. The van der Waals surface area contributed by atoms with Crippen molar-refractivity contribution in [1.82, 2.24) is 9.78 Å². The molecule has 1 saturated carbocycles. The molecule has 1 aliphatic rings. The number of hydrogen-bond acceptors (Lipinski definition) is 2. The quantitative estimate of drug-likeness (QED) is 0.863. The molecule has 2 N–H and O–H groups in total. The Morgan fingerprint density at radius 3 is 3.07 bits per heavy atom. The zero-order chi connectivity index (χ0) is 10.7. The number of hydrogen-bond donors (Lipinski definition) is 1. The van der Waals surface area contributed by atoms with Gasteiger partial charge in [0, 0.05) is 6.20 Å². The van der Waals surface area contributed by atoms with Gasteiger partial charge in [-0.3, -0.25) is 4.68 Å². The maximum Gasteiger partial charge on any atom is 0.0785 e. The molecule has 84 valence electrons. The van der Waals surface area contributed by atoms with Crippen molar-refractivity contribution >= 4 is 11.6 Å². The summed E-state index contributed by atoms with van der Waals surface area (Å²) in [4.78, 5) is 0. The first-order chi connectivity index (χ1) is 7.29. The molecule has 1 aromatic heterocycles. The van der Waals surface area contributed by atoms with Gasteiger partial charge in [-0.15, -0.1) is 0 Å². The van der Waals surface area contributed by atoms with Gasteiger partial charge in [0.05, 0.1) is 17.3 Å². The predicted octanol–water partition coefficient (Wildman–Crippen LogP) is 2.62. The minimum absolute atomic E-state index is 0.530. The van der Waals surface area contributed by atoms with E-state index in [1.807, 2.05) is 10.9 Å². The molecule has 2 atom stereocenters. The SMILES string of the molecule is NCCC1CCCC(n2cc(Cl)cn2)C1. The summed E-state index contributed by atoms with van der Waals surface area (Å²) < 4.78 is 2.02. The number of aromatic nitrogens is 2. The first kappa shape index (κ1) is 11.0. The summed E-state index contributed by atoms with van der Waals surface area (Å²) in [5.41, 5.74) is 5.60. The van der Waals surface area contributed by atoms with E-state index in [0.29, 0.717) is 6.04 Å². The Morgan fingerprint density at radius 2 is 2.40 bits per heavy atom. The Kier molecular flexibility index (Phi) is 3.65. The lowest BCUT2D eigenvalue weighted by molar-refractivity contribution is 0.244. The maximum atomic E-state index is 5.87. The van der Waals surface area contributed by atoms with E-state index < -0.39 is 0 Å². The molecule has 0 amide bonds. The fourth-order valence-electron chi connectivity index (χ4n) is 2.52. The van der Waals surface area contributed by atoms with Crippen molar-refractivity contribution in [1.29, 1.82) is 0 Å². The van der Waals surface area contributed by atoms with Gasteiger partial charge in [-0.05, 0) is 31.7 Å². The largest absolute Gasteiger partial charge is 0.330 e. The summed E-state index contributed by atoms with van der Waals surface area (Å²) in [6, 6.07) is 0.530. The molecule has 1 heterocycles. The summed E-state index contributed by atoms with van der Waals surface area (Å²) in [7, 11) is 0. The van der Waals surface area contributed by atoms with Crippen molar-refractivity contribution in [3.8, 4) is 0 Å². The molecule has 4 heteroatoms. The van der Waals surface area contributed by atoms with Gasteiger partial charge in [-0.25, -0.2) is 0 Å². The average Bonchev–Trinajstić information content (AvgIpc) is 2.66. The first-order valence-electron chi connectivity index (χ1n) is 5.69. The van der Waals surface area contributed by atoms with Crippen molar-refractivity contribution in [3.05, 3.63) is 17.4 Å². The van der Waals surface area contributed by atoms with Gasteiger partial charge in [-0.1, -0.05) is 24.4 Å². The molecule has 1 fully saturated rings. The fraction of sp³-hybridized carbons (Fsp3) is 0.727. The molecule has 0 saturated heterocycles. The van der Waals surface area contributed by atoms with Gasteiger partial charge in [-0.2, -0.15) is 5.10 Å². The summed E-state index contributed by atoms with van der Waals surface area (Å²) in [5, 5.41) is 5.02. The highest BCUT2D eigenvalue weighted by atomic mass is 35.5. The van der Waals surface area contributed by atoms with E-state index in [-0.39, 0.29) is 0 Å². The Hall–Kier alpha value is -0.540. The van der Waals surface area contributed by atoms with Crippen LogP contribution in [0.2, 0.25) is 5.02 Å². The Balaban J connectivity index is 1.98. The van der Waals surface area contributed by atoms with Crippen LogP contribution in [0.1, 0.15) is 38.1 Å². The van der Waals surface area contributed by atoms with E-state index in [4.69, 9.17) is 17.3 Å². The van der Waals surface area contributed by atoms with Gasteiger partial charge in [0.15, 0.2) is 0 Å².